The summed E-state index contributed by atoms with van der Waals surface area (Å²) in [4.78, 5) is 0. The van der Waals surface area contributed by atoms with Crippen molar-refractivity contribution >= 4 is 0 Å². The molecular formula is C12H16FNO. The van der Waals surface area contributed by atoms with Crippen molar-refractivity contribution in [2.24, 2.45) is 11.7 Å². The van der Waals surface area contributed by atoms with Crippen LogP contribution in [0.3, 0.4) is 0 Å². The van der Waals surface area contributed by atoms with Crippen molar-refractivity contribution in [1.82, 2.24) is 0 Å². The van der Waals surface area contributed by atoms with Crippen LogP contribution in [0.1, 0.15) is 30.9 Å². The van der Waals surface area contributed by atoms with Gasteiger partial charge in [0, 0.05) is 11.6 Å². The number of methoxy groups -OCH3 is 1. The highest BCUT2D eigenvalue weighted by Gasteiger charge is 2.27. The highest BCUT2D eigenvalue weighted by molar-refractivity contribution is 5.36. The highest BCUT2D eigenvalue weighted by atomic mass is 19.1. The van der Waals surface area contributed by atoms with E-state index in [2.05, 4.69) is 0 Å². The molecule has 3 heteroatoms. The van der Waals surface area contributed by atoms with Crippen LogP contribution in [-0.4, -0.2) is 7.11 Å². The van der Waals surface area contributed by atoms with Crippen molar-refractivity contribution in [3.8, 4) is 5.75 Å². The van der Waals surface area contributed by atoms with E-state index in [4.69, 9.17) is 10.5 Å². The molecule has 0 aliphatic heterocycles. The van der Waals surface area contributed by atoms with Crippen molar-refractivity contribution in [2.45, 2.75) is 25.3 Å². The summed E-state index contributed by atoms with van der Waals surface area (Å²) >= 11 is 0. The number of halogens is 1. The molecule has 1 aromatic rings. The van der Waals surface area contributed by atoms with Crippen molar-refractivity contribution in [2.75, 3.05) is 7.11 Å². The third-order valence-corrected chi connectivity index (χ3v) is 3.21. The molecule has 1 aromatic carbocycles. The van der Waals surface area contributed by atoms with Crippen molar-refractivity contribution < 1.29 is 9.13 Å². The lowest BCUT2D eigenvalue weighted by Crippen LogP contribution is -2.27. The summed E-state index contributed by atoms with van der Waals surface area (Å²) in [5.74, 6) is 0.928. The van der Waals surface area contributed by atoms with E-state index in [-0.39, 0.29) is 11.9 Å². The standard InChI is InChI=1S/C12H16FNO/c1-15-11-6-5-9(13)7-10(11)12(14)8-3-2-4-8/h5-8,12H,2-4,14H2,1H3/t12-/m1/s1. The van der Waals surface area contributed by atoms with E-state index >= 15 is 0 Å². The minimum Gasteiger partial charge on any atom is -0.496 e. The summed E-state index contributed by atoms with van der Waals surface area (Å²) in [6, 6.07) is 4.44. The fourth-order valence-corrected chi connectivity index (χ4v) is 2.02. The molecular weight excluding hydrogens is 193 g/mol. The molecule has 0 bridgehead atoms. The van der Waals surface area contributed by atoms with Crippen LogP contribution < -0.4 is 10.5 Å². The third-order valence-electron chi connectivity index (χ3n) is 3.21. The molecule has 0 aromatic heterocycles. The fourth-order valence-electron chi connectivity index (χ4n) is 2.02. The molecule has 2 N–H and O–H groups in total. The van der Waals surface area contributed by atoms with Gasteiger partial charge in [-0.05, 0) is 37.0 Å². The normalized spacial score (nSPS) is 18.3. The van der Waals surface area contributed by atoms with Gasteiger partial charge in [-0.25, -0.2) is 4.39 Å². The van der Waals surface area contributed by atoms with Gasteiger partial charge in [-0.3, -0.25) is 0 Å². The minimum atomic E-state index is -0.249. The average Bonchev–Trinajstić information content (AvgIpc) is 2.15. The Morgan fingerprint density at radius 2 is 2.20 bits per heavy atom. The van der Waals surface area contributed by atoms with Crippen molar-refractivity contribution in [1.29, 1.82) is 0 Å². The zero-order valence-electron chi connectivity index (χ0n) is 8.87. The summed E-state index contributed by atoms with van der Waals surface area (Å²) in [5, 5.41) is 0. The molecule has 0 spiro atoms. The summed E-state index contributed by atoms with van der Waals surface area (Å²) in [6.07, 6.45) is 3.51. The Kier molecular flexibility index (Phi) is 2.91. The largest absolute Gasteiger partial charge is 0.496 e. The molecule has 0 unspecified atom stereocenters. The molecule has 15 heavy (non-hydrogen) atoms. The molecule has 1 aliphatic rings. The summed E-state index contributed by atoms with van der Waals surface area (Å²) in [7, 11) is 1.59. The molecule has 0 heterocycles. The molecule has 0 saturated heterocycles. The van der Waals surface area contributed by atoms with Crippen molar-refractivity contribution in [3.05, 3.63) is 29.6 Å². The quantitative estimate of drug-likeness (QED) is 0.830. The lowest BCUT2D eigenvalue weighted by molar-refractivity contribution is 0.259. The molecule has 2 nitrogen and oxygen atoms in total. The second-order valence-electron chi connectivity index (χ2n) is 4.10. The Morgan fingerprint density at radius 3 is 2.73 bits per heavy atom. The van der Waals surface area contributed by atoms with Crippen LogP contribution in [-0.2, 0) is 0 Å². The zero-order valence-corrected chi connectivity index (χ0v) is 8.87. The summed E-state index contributed by atoms with van der Waals surface area (Å²) in [6.45, 7) is 0. The second kappa shape index (κ2) is 4.19. The van der Waals surface area contributed by atoms with Gasteiger partial charge in [-0.15, -0.1) is 0 Å². The number of ether oxygens (including phenoxy) is 1. The van der Waals surface area contributed by atoms with Crippen molar-refractivity contribution in [3.63, 3.8) is 0 Å². The van der Waals surface area contributed by atoms with E-state index < -0.39 is 0 Å². The maximum Gasteiger partial charge on any atom is 0.123 e. The maximum absolute atomic E-state index is 13.1. The van der Waals surface area contributed by atoms with E-state index in [0.29, 0.717) is 11.7 Å². The number of hydrogen-bond donors (Lipinski definition) is 1. The first-order valence-electron chi connectivity index (χ1n) is 5.31. The van der Waals surface area contributed by atoms with Crippen LogP contribution >= 0.6 is 0 Å². The first-order valence-corrected chi connectivity index (χ1v) is 5.31. The molecule has 1 fully saturated rings. The monoisotopic (exact) mass is 209 g/mol. The summed E-state index contributed by atoms with van der Waals surface area (Å²) in [5.41, 5.74) is 6.89. The average molecular weight is 209 g/mol. The van der Waals surface area contributed by atoms with Crippen LogP contribution in [0.2, 0.25) is 0 Å². The number of nitrogens with two attached hydrogens (primary N) is 1. The number of hydrogen-bond acceptors (Lipinski definition) is 2. The summed E-state index contributed by atoms with van der Waals surface area (Å²) < 4.78 is 18.3. The Hall–Kier alpha value is -1.09. The van der Waals surface area contributed by atoms with Gasteiger partial charge in [0.2, 0.25) is 0 Å². The van der Waals surface area contributed by atoms with E-state index in [1.807, 2.05) is 0 Å². The molecule has 1 aliphatic carbocycles. The van der Waals surface area contributed by atoms with Crippen LogP contribution in [0, 0.1) is 11.7 Å². The molecule has 1 saturated carbocycles. The minimum absolute atomic E-state index is 0.0931. The molecule has 82 valence electrons. The van der Waals surface area contributed by atoms with Gasteiger partial charge in [-0.2, -0.15) is 0 Å². The Bertz CT molecular complexity index is 349. The lowest BCUT2D eigenvalue weighted by atomic mass is 9.77. The number of benzene rings is 1. The zero-order chi connectivity index (χ0) is 10.8. The first-order chi connectivity index (χ1) is 7.22. The van der Waals surface area contributed by atoms with Crippen LogP contribution in [0.5, 0.6) is 5.75 Å². The lowest BCUT2D eigenvalue weighted by Gasteiger charge is -2.32. The van der Waals surface area contributed by atoms with E-state index in [1.165, 1.54) is 18.6 Å². The van der Waals surface area contributed by atoms with Gasteiger partial charge in [0.25, 0.3) is 0 Å². The molecule has 0 radical (unpaired) electrons. The van der Waals surface area contributed by atoms with Crippen LogP contribution in [0.4, 0.5) is 4.39 Å². The SMILES string of the molecule is COc1ccc(F)cc1[C@H](N)C1CCC1. The topological polar surface area (TPSA) is 35.2 Å². The first kappa shape index (κ1) is 10.4. The Morgan fingerprint density at radius 1 is 1.47 bits per heavy atom. The van der Waals surface area contributed by atoms with E-state index in [0.717, 1.165) is 18.4 Å². The van der Waals surface area contributed by atoms with Gasteiger partial charge in [0.15, 0.2) is 0 Å². The van der Waals surface area contributed by atoms with Gasteiger partial charge < -0.3 is 10.5 Å². The predicted molar refractivity (Wildman–Crippen MR) is 57.2 cm³/mol. The van der Waals surface area contributed by atoms with E-state index in [9.17, 15) is 4.39 Å². The van der Waals surface area contributed by atoms with Gasteiger partial charge in [0.05, 0.1) is 7.11 Å². The van der Waals surface area contributed by atoms with Crippen LogP contribution in [0.25, 0.3) is 0 Å². The Balaban J connectivity index is 2.27. The molecule has 2 rings (SSSR count). The third kappa shape index (κ3) is 1.97. The van der Waals surface area contributed by atoms with Gasteiger partial charge in [0.1, 0.15) is 11.6 Å². The second-order valence-corrected chi connectivity index (χ2v) is 4.10. The molecule has 1 atom stereocenters. The molecule has 0 amide bonds. The van der Waals surface area contributed by atoms with Gasteiger partial charge in [-0.1, -0.05) is 6.42 Å². The fraction of sp³-hybridized carbons (Fsp3) is 0.500. The van der Waals surface area contributed by atoms with Crippen LogP contribution in [0.15, 0.2) is 18.2 Å². The van der Waals surface area contributed by atoms with Gasteiger partial charge >= 0.3 is 0 Å². The Labute approximate surface area is 89.2 Å². The highest BCUT2D eigenvalue weighted by Crippen LogP contribution is 2.39. The van der Waals surface area contributed by atoms with E-state index in [1.54, 1.807) is 13.2 Å². The maximum atomic E-state index is 13.1. The predicted octanol–water partition coefficient (Wildman–Crippen LogP) is 2.63. The number of rotatable bonds is 3. The smallest absolute Gasteiger partial charge is 0.123 e.